The van der Waals surface area contributed by atoms with Crippen molar-refractivity contribution >= 4 is 61.8 Å². The Bertz CT molecular complexity index is 94.9. The molecule has 0 bridgehead atoms. The maximum absolute atomic E-state index is 8.74. The molecule has 0 aromatic carbocycles. The summed E-state index contributed by atoms with van der Waals surface area (Å²) in [4.78, 5) is 0. The van der Waals surface area contributed by atoms with Crippen molar-refractivity contribution in [1.29, 1.82) is 0 Å². The Morgan fingerprint density at radius 1 is 1.14 bits per heavy atom. The van der Waals surface area contributed by atoms with Crippen LogP contribution in [0, 0.1) is 0 Å². The summed E-state index contributed by atoms with van der Waals surface area (Å²) < 4.78 is 31.6. The molecule has 2 N–H and O–H groups in total. The first-order chi connectivity index (χ1) is 2.00. The van der Waals surface area contributed by atoms with Crippen LogP contribution in [0.5, 0.6) is 0 Å². The quantitative estimate of drug-likeness (QED) is 0.361. The van der Waals surface area contributed by atoms with E-state index in [1.807, 2.05) is 0 Å². The van der Waals surface area contributed by atoms with Crippen molar-refractivity contribution < 1.29 is 43.4 Å². The van der Waals surface area contributed by atoms with Crippen molar-refractivity contribution in [2.75, 3.05) is 0 Å². The average molecular weight is 183 g/mol. The first-order valence-electron chi connectivity index (χ1n) is 0.698. The molecule has 0 atom stereocenters. The standard InChI is InChI=1S/K.H2O4S.Sc.H/c;1-5(2,3)4;;/h;(H2,1,2,3,4);;. The van der Waals surface area contributed by atoms with Crippen molar-refractivity contribution in [3.8, 4) is 0 Å². The third-order valence-electron chi connectivity index (χ3n) is 0. The molecule has 1 radical (unpaired) electrons. The maximum atomic E-state index is 8.74. The van der Waals surface area contributed by atoms with Gasteiger partial charge in [-0.25, -0.2) is 0 Å². The number of rotatable bonds is 0. The third kappa shape index (κ3) is 60.3. The van der Waals surface area contributed by atoms with Crippen LogP contribution in [0.3, 0.4) is 0 Å². The molecule has 0 spiro atoms. The Kier molecular flexibility index (Phi) is 15.0. The summed E-state index contributed by atoms with van der Waals surface area (Å²) in [6, 6.07) is 0. The van der Waals surface area contributed by atoms with Gasteiger partial charge in [0, 0.05) is 25.8 Å². The Morgan fingerprint density at radius 2 is 1.14 bits per heavy atom. The molecule has 7 heteroatoms. The summed E-state index contributed by atoms with van der Waals surface area (Å²) in [5, 5.41) is 0. The zero-order chi connectivity index (χ0) is 4.50. The summed E-state index contributed by atoms with van der Waals surface area (Å²) >= 11 is 0. The third-order valence-corrected chi connectivity index (χ3v) is 0. The molecule has 0 unspecified atom stereocenters. The first kappa shape index (κ1) is 16.2. The van der Waals surface area contributed by atoms with E-state index in [0.717, 1.165) is 0 Å². The van der Waals surface area contributed by atoms with Gasteiger partial charge in [-0.15, -0.1) is 0 Å². The minimum absolute atomic E-state index is 0. The molecule has 0 saturated heterocycles. The first-order valence-corrected chi connectivity index (χ1v) is 2.10. The van der Waals surface area contributed by atoms with Gasteiger partial charge in [0.2, 0.25) is 0 Å². The van der Waals surface area contributed by atoms with E-state index in [2.05, 4.69) is 0 Å². The molecule has 0 aromatic heterocycles. The van der Waals surface area contributed by atoms with Crippen LogP contribution >= 0.6 is 0 Å². The molecule has 0 aliphatic rings. The second-order valence-corrected chi connectivity index (χ2v) is 1.34. The van der Waals surface area contributed by atoms with E-state index < -0.39 is 10.4 Å². The van der Waals surface area contributed by atoms with Gasteiger partial charge in [-0.05, 0) is 0 Å². The van der Waals surface area contributed by atoms with E-state index in [0.29, 0.717) is 0 Å². The molecular formula is H3KO4SSc. The van der Waals surface area contributed by atoms with Gasteiger partial charge in [-0.2, -0.15) is 8.42 Å². The second-order valence-electron chi connectivity index (χ2n) is 0.448. The van der Waals surface area contributed by atoms with Gasteiger partial charge < -0.3 is 0 Å². The zero-order valence-corrected chi connectivity index (χ0v) is 5.32. The summed E-state index contributed by atoms with van der Waals surface area (Å²) in [6.45, 7) is 0. The van der Waals surface area contributed by atoms with Gasteiger partial charge in [0.05, 0.1) is 0 Å². The molecule has 0 heterocycles. The van der Waals surface area contributed by atoms with E-state index in [-0.39, 0.29) is 77.2 Å². The predicted molar refractivity (Wildman–Crippen MR) is 21.3 cm³/mol. The number of hydrogen-bond donors (Lipinski definition) is 2. The molecule has 0 aliphatic carbocycles. The predicted octanol–water partition coefficient (Wildman–Crippen LogP) is -1.30. The molecule has 0 aromatic rings. The smallest absolute Gasteiger partial charge is 0 e. The summed E-state index contributed by atoms with van der Waals surface area (Å²) in [5.41, 5.74) is 0. The maximum Gasteiger partial charge on any atom is 0 e. The van der Waals surface area contributed by atoms with Crippen molar-refractivity contribution in [3.05, 3.63) is 0 Å². The topological polar surface area (TPSA) is 74.6 Å². The SMILES string of the molecule is O=S(=O)(O)O.[KH].[Sc]. The van der Waals surface area contributed by atoms with Crippen molar-refractivity contribution in [2.24, 2.45) is 0 Å². The van der Waals surface area contributed by atoms with Crippen LogP contribution in [-0.4, -0.2) is 68.9 Å². The van der Waals surface area contributed by atoms with Gasteiger partial charge in [-0.1, -0.05) is 0 Å². The molecule has 0 fully saturated rings. The zero-order valence-electron chi connectivity index (χ0n) is 2.70. The van der Waals surface area contributed by atoms with E-state index >= 15 is 0 Å². The molecule has 0 aliphatic heterocycles. The van der Waals surface area contributed by atoms with Crippen LogP contribution in [0.25, 0.3) is 0 Å². The van der Waals surface area contributed by atoms with E-state index in [4.69, 9.17) is 17.5 Å². The van der Waals surface area contributed by atoms with Crippen LogP contribution < -0.4 is 0 Å². The van der Waals surface area contributed by atoms with Gasteiger partial charge in [0.1, 0.15) is 0 Å². The van der Waals surface area contributed by atoms with Gasteiger partial charge in [0.25, 0.3) is 0 Å². The van der Waals surface area contributed by atoms with Crippen molar-refractivity contribution in [2.45, 2.75) is 0 Å². The van der Waals surface area contributed by atoms with Crippen LogP contribution in [0.1, 0.15) is 0 Å². The minimum atomic E-state index is -4.67. The Hall–Kier alpha value is 2.38. The van der Waals surface area contributed by atoms with Crippen LogP contribution in [-0.2, 0) is 36.2 Å². The monoisotopic (exact) mass is 183 g/mol. The summed E-state index contributed by atoms with van der Waals surface area (Å²) in [6.07, 6.45) is 0. The summed E-state index contributed by atoms with van der Waals surface area (Å²) in [5.74, 6) is 0. The van der Waals surface area contributed by atoms with E-state index in [9.17, 15) is 0 Å². The molecule has 7 heavy (non-hydrogen) atoms. The fourth-order valence-corrected chi connectivity index (χ4v) is 0. The minimum Gasteiger partial charge on any atom is 0 e. The Balaban J connectivity index is -0.0000000800. The van der Waals surface area contributed by atoms with Gasteiger partial charge in [-0.3, -0.25) is 9.11 Å². The molecule has 37 valence electrons. The molecule has 4 nitrogen and oxygen atoms in total. The fraction of sp³-hybridized carbons (Fsp3) is 0. The van der Waals surface area contributed by atoms with Gasteiger partial charge in [0.15, 0.2) is 0 Å². The molecule has 0 amide bonds. The second kappa shape index (κ2) is 6.50. The van der Waals surface area contributed by atoms with Gasteiger partial charge >= 0.3 is 61.8 Å². The van der Waals surface area contributed by atoms with Crippen molar-refractivity contribution in [1.82, 2.24) is 0 Å². The van der Waals surface area contributed by atoms with Crippen LogP contribution in [0.15, 0.2) is 0 Å². The van der Waals surface area contributed by atoms with E-state index in [1.54, 1.807) is 0 Å². The Morgan fingerprint density at radius 3 is 1.14 bits per heavy atom. The molecule has 0 rings (SSSR count). The van der Waals surface area contributed by atoms with Crippen LogP contribution in [0.4, 0.5) is 0 Å². The molecular weight excluding hydrogens is 180 g/mol. The normalized spacial score (nSPS) is 8.29. The number of hydrogen-bond acceptors (Lipinski definition) is 2. The van der Waals surface area contributed by atoms with Crippen molar-refractivity contribution in [3.63, 3.8) is 0 Å². The largest absolute Gasteiger partial charge is 0 e. The van der Waals surface area contributed by atoms with Crippen LogP contribution in [0.2, 0.25) is 0 Å². The van der Waals surface area contributed by atoms with E-state index in [1.165, 1.54) is 0 Å². The summed E-state index contributed by atoms with van der Waals surface area (Å²) in [7, 11) is -4.67. The fourth-order valence-electron chi connectivity index (χ4n) is 0. The molecule has 0 saturated carbocycles. The Labute approximate surface area is 103 Å². The average Bonchev–Trinajstić information content (AvgIpc) is 0.722.